The molecule has 1 heterocycles. The highest BCUT2D eigenvalue weighted by Gasteiger charge is 2.34. The monoisotopic (exact) mass is 310 g/mol. The fourth-order valence-electron chi connectivity index (χ4n) is 4.15. The minimum Gasteiger partial charge on any atom is -0.329 e. The van der Waals surface area contributed by atoms with Crippen molar-refractivity contribution < 1.29 is 4.39 Å². The van der Waals surface area contributed by atoms with Gasteiger partial charge in [-0.1, -0.05) is 30.9 Å². The summed E-state index contributed by atoms with van der Waals surface area (Å²) in [4.78, 5) is 2.38. The van der Waals surface area contributed by atoms with Crippen LogP contribution in [0.5, 0.6) is 0 Å². The summed E-state index contributed by atoms with van der Waals surface area (Å²) < 4.78 is 14.2. The Labute approximate surface area is 131 Å². The van der Waals surface area contributed by atoms with Crippen LogP contribution < -0.4 is 5.73 Å². The van der Waals surface area contributed by atoms with Crippen LogP contribution in [0.15, 0.2) is 18.2 Å². The van der Waals surface area contributed by atoms with E-state index in [-0.39, 0.29) is 11.9 Å². The van der Waals surface area contributed by atoms with Crippen LogP contribution >= 0.6 is 11.6 Å². The van der Waals surface area contributed by atoms with Gasteiger partial charge in [0.2, 0.25) is 0 Å². The number of benzene rings is 1. The van der Waals surface area contributed by atoms with Crippen molar-refractivity contribution in [2.75, 3.05) is 19.6 Å². The summed E-state index contributed by atoms with van der Waals surface area (Å²) in [5.41, 5.74) is 6.62. The third-order valence-corrected chi connectivity index (χ3v) is 5.54. The second-order valence-electron chi connectivity index (χ2n) is 6.51. The van der Waals surface area contributed by atoms with Crippen molar-refractivity contribution in [2.24, 2.45) is 17.6 Å². The molecule has 1 aromatic carbocycles. The molecule has 2 N–H and O–H groups in total. The van der Waals surface area contributed by atoms with E-state index in [9.17, 15) is 4.39 Å². The Balaban J connectivity index is 1.78. The number of halogens is 2. The molecular weight excluding hydrogens is 287 g/mol. The Morgan fingerprint density at radius 2 is 2.00 bits per heavy atom. The molecule has 3 unspecified atom stereocenters. The van der Waals surface area contributed by atoms with Crippen molar-refractivity contribution in [2.45, 2.75) is 38.1 Å². The highest BCUT2D eigenvalue weighted by atomic mass is 35.5. The molecule has 0 amide bonds. The molecule has 116 valence electrons. The molecule has 0 radical (unpaired) electrons. The summed E-state index contributed by atoms with van der Waals surface area (Å²) >= 11 is 6.04. The molecule has 1 aliphatic heterocycles. The first-order valence-electron chi connectivity index (χ1n) is 8.08. The minimum atomic E-state index is -0.194. The Bertz CT molecular complexity index is 494. The Morgan fingerprint density at radius 1 is 1.24 bits per heavy atom. The zero-order chi connectivity index (χ0) is 14.8. The Kier molecular flexibility index (Phi) is 4.82. The van der Waals surface area contributed by atoms with Crippen molar-refractivity contribution in [3.05, 3.63) is 34.6 Å². The average Bonchev–Trinajstić information content (AvgIpc) is 2.51. The third-order valence-electron chi connectivity index (χ3n) is 5.30. The molecule has 4 heteroatoms. The number of likely N-dealkylation sites (tertiary alicyclic amines) is 1. The second kappa shape index (κ2) is 6.64. The van der Waals surface area contributed by atoms with Crippen LogP contribution in [-0.2, 0) is 0 Å². The number of hydrogen-bond acceptors (Lipinski definition) is 2. The second-order valence-corrected chi connectivity index (χ2v) is 6.94. The molecule has 3 rings (SSSR count). The molecule has 1 aromatic rings. The van der Waals surface area contributed by atoms with E-state index >= 15 is 0 Å². The van der Waals surface area contributed by atoms with E-state index in [0.29, 0.717) is 17.1 Å². The maximum atomic E-state index is 14.2. The lowest BCUT2D eigenvalue weighted by Gasteiger charge is -2.44. The summed E-state index contributed by atoms with van der Waals surface area (Å²) in [6.45, 7) is 2.52. The lowest BCUT2D eigenvalue weighted by atomic mass is 9.74. The molecule has 2 nitrogen and oxygen atoms in total. The maximum absolute atomic E-state index is 14.2. The topological polar surface area (TPSA) is 29.3 Å². The number of hydrogen-bond donors (Lipinski definition) is 1. The van der Waals surface area contributed by atoms with E-state index in [1.165, 1.54) is 38.2 Å². The first-order valence-corrected chi connectivity index (χ1v) is 8.46. The van der Waals surface area contributed by atoms with Gasteiger partial charge in [-0.2, -0.15) is 0 Å². The predicted octanol–water partition coefficient (Wildman–Crippen LogP) is 3.99. The van der Waals surface area contributed by atoms with E-state index in [2.05, 4.69) is 4.90 Å². The van der Waals surface area contributed by atoms with Crippen molar-refractivity contribution >= 4 is 11.6 Å². The normalized spacial score (nSPS) is 28.1. The molecule has 0 bridgehead atoms. The van der Waals surface area contributed by atoms with Crippen LogP contribution in [0.1, 0.15) is 43.7 Å². The molecular formula is C17H24ClFN2. The number of rotatable bonds is 3. The van der Waals surface area contributed by atoms with Gasteiger partial charge in [-0.25, -0.2) is 4.39 Å². The summed E-state index contributed by atoms with van der Waals surface area (Å²) in [6.07, 6.45) is 6.63. The fourth-order valence-corrected chi connectivity index (χ4v) is 4.34. The number of nitrogens with zero attached hydrogens (tertiary/aromatic N) is 1. The largest absolute Gasteiger partial charge is 0.329 e. The summed E-state index contributed by atoms with van der Waals surface area (Å²) in [5, 5.41) is 0.581. The molecule has 1 saturated heterocycles. The van der Waals surface area contributed by atoms with E-state index < -0.39 is 0 Å². The summed E-state index contributed by atoms with van der Waals surface area (Å²) in [7, 11) is 0. The van der Waals surface area contributed by atoms with Gasteiger partial charge in [0.25, 0.3) is 0 Å². The minimum absolute atomic E-state index is 0.0495. The molecule has 0 aromatic heterocycles. The maximum Gasteiger partial charge on any atom is 0.128 e. The van der Waals surface area contributed by atoms with Gasteiger partial charge in [0.1, 0.15) is 5.82 Å². The highest BCUT2D eigenvalue weighted by molar-refractivity contribution is 6.30. The van der Waals surface area contributed by atoms with Gasteiger partial charge in [0, 0.05) is 29.7 Å². The van der Waals surface area contributed by atoms with E-state index in [0.717, 1.165) is 24.9 Å². The number of piperidine rings is 1. The summed E-state index contributed by atoms with van der Waals surface area (Å²) in [5.74, 6) is 1.45. The molecule has 21 heavy (non-hydrogen) atoms. The van der Waals surface area contributed by atoms with Gasteiger partial charge in [-0.05, 0) is 49.4 Å². The molecule has 0 spiro atoms. The van der Waals surface area contributed by atoms with Gasteiger partial charge in [-0.3, -0.25) is 4.90 Å². The lowest BCUT2D eigenvalue weighted by molar-refractivity contribution is 0.0576. The first-order chi connectivity index (χ1) is 10.2. The zero-order valence-corrected chi connectivity index (χ0v) is 13.2. The van der Waals surface area contributed by atoms with Crippen LogP contribution in [0, 0.1) is 17.7 Å². The molecule has 2 aliphatic rings. The smallest absolute Gasteiger partial charge is 0.128 e. The van der Waals surface area contributed by atoms with Gasteiger partial charge in [-0.15, -0.1) is 0 Å². The average molecular weight is 311 g/mol. The fraction of sp³-hybridized carbons (Fsp3) is 0.647. The number of fused-ring (bicyclic) bond motifs is 1. The standard InChI is InChI=1S/C17H24ClFN2/c18-14-5-6-16(19)15(9-14)17(10-20)21-8-7-12-3-1-2-4-13(12)11-21/h5-6,9,12-13,17H,1-4,7-8,10-11,20H2. The van der Waals surface area contributed by atoms with Crippen LogP contribution in [0.2, 0.25) is 5.02 Å². The van der Waals surface area contributed by atoms with Crippen LogP contribution in [0.25, 0.3) is 0 Å². The Morgan fingerprint density at radius 3 is 2.76 bits per heavy atom. The van der Waals surface area contributed by atoms with E-state index in [4.69, 9.17) is 17.3 Å². The van der Waals surface area contributed by atoms with Crippen LogP contribution in [-0.4, -0.2) is 24.5 Å². The SMILES string of the molecule is NCC(c1cc(Cl)ccc1F)N1CCC2CCCCC2C1. The van der Waals surface area contributed by atoms with Crippen LogP contribution in [0.4, 0.5) is 4.39 Å². The van der Waals surface area contributed by atoms with Crippen molar-refractivity contribution in [3.63, 3.8) is 0 Å². The summed E-state index contributed by atoms with van der Waals surface area (Å²) in [6, 6.07) is 4.74. The molecule has 1 aliphatic carbocycles. The van der Waals surface area contributed by atoms with Gasteiger partial charge in [0.15, 0.2) is 0 Å². The van der Waals surface area contributed by atoms with Crippen LogP contribution in [0.3, 0.4) is 0 Å². The quantitative estimate of drug-likeness (QED) is 0.914. The predicted molar refractivity (Wildman–Crippen MR) is 84.8 cm³/mol. The first kappa shape index (κ1) is 15.3. The van der Waals surface area contributed by atoms with Gasteiger partial charge >= 0.3 is 0 Å². The van der Waals surface area contributed by atoms with Crippen molar-refractivity contribution in [3.8, 4) is 0 Å². The molecule has 3 atom stereocenters. The van der Waals surface area contributed by atoms with E-state index in [1.54, 1.807) is 12.1 Å². The zero-order valence-electron chi connectivity index (χ0n) is 12.4. The Hall–Kier alpha value is -0.640. The third kappa shape index (κ3) is 3.25. The number of nitrogens with two attached hydrogens (primary N) is 1. The van der Waals surface area contributed by atoms with Crippen molar-refractivity contribution in [1.82, 2.24) is 4.90 Å². The van der Waals surface area contributed by atoms with Crippen molar-refractivity contribution in [1.29, 1.82) is 0 Å². The highest BCUT2D eigenvalue weighted by Crippen LogP contribution is 2.39. The molecule has 1 saturated carbocycles. The molecule has 2 fully saturated rings. The van der Waals surface area contributed by atoms with Gasteiger partial charge < -0.3 is 5.73 Å². The van der Waals surface area contributed by atoms with E-state index in [1.807, 2.05) is 0 Å². The lowest BCUT2D eigenvalue weighted by Crippen LogP contribution is -2.45. The van der Waals surface area contributed by atoms with Gasteiger partial charge in [0.05, 0.1) is 0 Å².